The summed E-state index contributed by atoms with van der Waals surface area (Å²) in [4.78, 5) is 10.6. The molecule has 11 aromatic rings. The second-order valence-corrected chi connectivity index (χ2v) is 12.6. The first-order valence-electron chi connectivity index (χ1n) is 15.8. The van der Waals surface area contributed by atoms with E-state index in [0.717, 1.165) is 33.8 Å². The Morgan fingerprint density at radius 2 is 1.11 bits per heavy atom. The summed E-state index contributed by atoms with van der Waals surface area (Å²) < 4.78 is 4.87. The standard InChI is InChI=1S/C42H22N4/c1-2-12-25-23(9-1)19-20-30-37-41-31(21-32-27-14-4-6-18-34(27)46(40(25)30)42(32)37)26-13-3-5-17-33(26)45(41)35-22-43-38-28-15-7-10-24-11-8-16-29(36(24)28)39(38)44-35/h1-22H. The van der Waals surface area contributed by atoms with Crippen molar-refractivity contribution in [2.75, 3.05) is 0 Å². The molecule has 4 heterocycles. The predicted octanol–water partition coefficient (Wildman–Crippen LogP) is 10.7. The molecule has 0 bridgehead atoms. The van der Waals surface area contributed by atoms with Crippen LogP contribution in [-0.2, 0) is 0 Å². The average molecular weight is 583 g/mol. The van der Waals surface area contributed by atoms with Gasteiger partial charge >= 0.3 is 0 Å². The Hall–Kier alpha value is -6.26. The van der Waals surface area contributed by atoms with Crippen molar-refractivity contribution in [3.05, 3.63) is 134 Å². The Kier molecular flexibility index (Phi) is 3.96. The van der Waals surface area contributed by atoms with E-state index >= 15 is 0 Å². The number of hydrogen-bond acceptors (Lipinski definition) is 2. The van der Waals surface area contributed by atoms with Gasteiger partial charge in [-0.25, -0.2) is 4.98 Å². The lowest BCUT2D eigenvalue weighted by atomic mass is 10.0. The second-order valence-electron chi connectivity index (χ2n) is 12.6. The van der Waals surface area contributed by atoms with Gasteiger partial charge in [0, 0.05) is 54.2 Å². The molecule has 210 valence electrons. The maximum absolute atomic E-state index is 5.45. The summed E-state index contributed by atoms with van der Waals surface area (Å²) in [6, 6.07) is 46.3. The second kappa shape index (κ2) is 7.87. The molecule has 4 nitrogen and oxygen atoms in total. The zero-order valence-electron chi connectivity index (χ0n) is 24.5. The lowest BCUT2D eigenvalue weighted by molar-refractivity contribution is 1.06. The minimum Gasteiger partial charge on any atom is -0.307 e. The van der Waals surface area contributed by atoms with Crippen molar-refractivity contribution in [1.29, 1.82) is 0 Å². The summed E-state index contributed by atoms with van der Waals surface area (Å²) in [7, 11) is 0. The van der Waals surface area contributed by atoms with E-state index in [1.807, 2.05) is 6.20 Å². The number of rotatable bonds is 1. The number of para-hydroxylation sites is 2. The third-order valence-electron chi connectivity index (χ3n) is 10.4. The van der Waals surface area contributed by atoms with Gasteiger partial charge in [0.05, 0.1) is 45.2 Å². The van der Waals surface area contributed by atoms with Crippen LogP contribution < -0.4 is 0 Å². The normalized spacial score (nSPS) is 12.8. The first kappa shape index (κ1) is 23.2. The number of fused-ring (bicyclic) bond motifs is 15. The first-order valence-corrected chi connectivity index (χ1v) is 15.8. The SMILES string of the molecule is c1cc2c3c(cccc3c1)-c1nc(-n3c4ccccc4c4cc5c6ccccc6n6c7c8ccccc8ccc7c(c43)c56)cnc1-2. The summed E-state index contributed by atoms with van der Waals surface area (Å²) in [5.74, 6) is 0.835. The van der Waals surface area contributed by atoms with Crippen LogP contribution in [0.15, 0.2) is 134 Å². The van der Waals surface area contributed by atoms with Crippen molar-refractivity contribution in [2.45, 2.75) is 0 Å². The molecule has 0 saturated carbocycles. The van der Waals surface area contributed by atoms with Crippen LogP contribution in [-0.4, -0.2) is 18.9 Å². The van der Waals surface area contributed by atoms with Crippen molar-refractivity contribution in [2.24, 2.45) is 0 Å². The van der Waals surface area contributed by atoms with E-state index in [-0.39, 0.29) is 0 Å². The highest BCUT2D eigenvalue weighted by atomic mass is 15.1. The Bertz CT molecular complexity index is 3140. The van der Waals surface area contributed by atoms with Gasteiger partial charge < -0.3 is 4.40 Å². The molecule has 0 atom stereocenters. The highest BCUT2D eigenvalue weighted by Gasteiger charge is 2.28. The number of aromatic nitrogens is 4. The van der Waals surface area contributed by atoms with Crippen LogP contribution in [0.25, 0.3) is 110 Å². The Balaban J connectivity index is 1.31. The molecular formula is C42H22N4. The molecule has 4 aromatic heterocycles. The van der Waals surface area contributed by atoms with Gasteiger partial charge in [0.2, 0.25) is 0 Å². The summed E-state index contributed by atoms with van der Waals surface area (Å²) in [5.41, 5.74) is 10.3. The fourth-order valence-electron chi connectivity index (χ4n) is 8.60. The highest BCUT2D eigenvalue weighted by Crippen LogP contribution is 2.49. The molecule has 0 radical (unpaired) electrons. The highest BCUT2D eigenvalue weighted by molar-refractivity contribution is 6.36. The van der Waals surface area contributed by atoms with Gasteiger partial charge in [0.25, 0.3) is 0 Å². The zero-order valence-corrected chi connectivity index (χ0v) is 24.5. The predicted molar refractivity (Wildman–Crippen MR) is 190 cm³/mol. The van der Waals surface area contributed by atoms with Crippen LogP contribution in [0, 0.1) is 0 Å². The van der Waals surface area contributed by atoms with Gasteiger partial charge in [-0.2, -0.15) is 0 Å². The van der Waals surface area contributed by atoms with Crippen molar-refractivity contribution in [3.8, 4) is 28.3 Å². The van der Waals surface area contributed by atoms with E-state index < -0.39 is 0 Å². The molecule has 0 aliphatic heterocycles. The zero-order chi connectivity index (χ0) is 29.7. The fourth-order valence-corrected chi connectivity index (χ4v) is 8.60. The number of nitrogens with zero attached hydrogens (tertiary/aromatic N) is 4. The fraction of sp³-hybridized carbons (Fsp3) is 0. The largest absolute Gasteiger partial charge is 0.307 e. The molecule has 0 amide bonds. The number of benzene rings is 7. The van der Waals surface area contributed by atoms with E-state index in [2.05, 4.69) is 136 Å². The van der Waals surface area contributed by atoms with E-state index in [1.165, 1.54) is 75.9 Å². The third-order valence-corrected chi connectivity index (χ3v) is 10.4. The topological polar surface area (TPSA) is 35.1 Å². The molecule has 7 aromatic carbocycles. The monoisotopic (exact) mass is 582 g/mol. The van der Waals surface area contributed by atoms with E-state index in [1.54, 1.807) is 0 Å². The van der Waals surface area contributed by atoms with Crippen LogP contribution in [0.4, 0.5) is 0 Å². The minimum atomic E-state index is 0.835. The molecule has 1 aliphatic carbocycles. The Morgan fingerprint density at radius 3 is 1.96 bits per heavy atom. The lowest BCUT2D eigenvalue weighted by Crippen LogP contribution is -2.01. The van der Waals surface area contributed by atoms with Crippen molar-refractivity contribution in [3.63, 3.8) is 0 Å². The summed E-state index contributed by atoms with van der Waals surface area (Å²) in [6.45, 7) is 0. The van der Waals surface area contributed by atoms with Crippen molar-refractivity contribution >= 4 is 81.4 Å². The molecule has 12 rings (SSSR count). The maximum Gasteiger partial charge on any atom is 0.156 e. The minimum absolute atomic E-state index is 0.835. The quantitative estimate of drug-likeness (QED) is 0.193. The van der Waals surface area contributed by atoms with Gasteiger partial charge in [-0.3, -0.25) is 9.55 Å². The van der Waals surface area contributed by atoms with Crippen LogP contribution >= 0.6 is 0 Å². The maximum atomic E-state index is 5.45. The average Bonchev–Trinajstić information content (AvgIpc) is 3.83. The van der Waals surface area contributed by atoms with Gasteiger partial charge in [-0.15, -0.1) is 0 Å². The lowest BCUT2D eigenvalue weighted by Gasteiger charge is -2.10. The van der Waals surface area contributed by atoms with Crippen molar-refractivity contribution < 1.29 is 0 Å². The third kappa shape index (κ3) is 2.57. The molecular weight excluding hydrogens is 560 g/mol. The van der Waals surface area contributed by atoms with Crippen LogP contribution in [0.5, 0.6) is 0 Å². The van der Waals surface area contributed by atoms with Crippen molar-refractivity contribution in [1.82, 2.24) is 18.9 Å². The molecule has 46 heavy (non-hydrogen) atoms. The van der Waals surface area contributed by atoms with E-state index in [4.69, 9.17) is 9.97 Å². The number of hydrogen-bond donors (Lipinski definition) is 0. The Morgan fingerprint density at radius 1 is 0.435 bits per heavy atom. The van der Waals surface area contributed by atoms with Crippen LogP contribution in [0.1, 0.15) is 0 Å². The molecule has 0 spiro atoms. The Labute approximate surface area is 261 Å². The van der Waals surface area contributed by atoms with Crippen LogP contribution in [0.2, 0.25) is 0 Å². The van der Waals surface area contributed by atoms with E-state index in [9.17, 15) is 0 Å². The molecule has 0 saturated heterocycles. The molecule has 1 aliphatic rings. The molecule has 0 N–H and O–H groups in total. The van der Waals surface area contributed by atoms with Gasteiger partial charge in [-0.1, -0.05) is 109 Å². The van der Waals surface area contributed by atoms with E-state index in [0.29, 0.717) is 0 Å². The van der Waals surface area contributed by atoms with Gasteiger partial charge in [-0.05, 0) is 29.0 Å². The van der Waals surface area contributed by atoms with Gasteiger partial charge in [0.1, 0.15) is 0 Å². The summed E-state index contributed by atoms with van der Waals surface area (Å²) >= 11 is 0. The van der Waals surface area contributed by atoms with Crippen LogP contribution in [0.3, 0.4) is 0 Å². The smallest absolute Gasteiger partial charge is 0.156 e. The molecule has 0 fully saturated rings. The summed E-state index contributed by atoms with van der Waals surface area (Å²) in [5, 5.41) is 12.5. The van der Waals surface area contributed by atoms with Gasteiger partial charge in [0.15, 0.2) is 5.82 Å². The first-order chi connectivity index (χ1) is 22.8. The summed E-state index contributed by atoms with van der Waals surface area (Å²) in [6.07, 6.45) is 1.97. The molecule has 4 heteroatoms. The molecule has 0 unspecified atom stereocenters.